The fraction of sp³-hybridized carbons (Fsp3) is 0.0833. The maximum absolute atomic E-state index is 13.3. The number of rotatable bonds is 4. The number of benzene rings is 3. The Kier molecular flexibility index (Phi) is 4.60. The summed E-state index contributed by atoms with van der Waals surface area (Å²) in [5, 5.41) is 8.03. The van der Waals surface area contributed by atoms with E-state index in [1.54, 1.807) is 17.0 Å². The van der Waals surface area contributed by atoms with Gasteiger partial charge in [-0.05, 0) is 35.4 Å². The van der Waals surface area contributed by atoms with Crippen LogP contribution in [-0.4, -0.2) is 21.0 Å². The number of fused-ring (bicyclic) bond motifs is 1. The summed E-state index contributed by atoms with van der Waals surface area (Å²) in [7, 11) is 0. The maximum atomic E-state index is 13.3. The van der Waals surface area contributed by atoms with Gasteiger partial charge in [-0.3, -0.25) is 9.89 Å². The van der Waals surface area contributed by atoms with Crippen LogP contribution in [0.1, 0.15) is 33.2 Å². The Bertz CT molecular complexity index is 1200. The minimum absolute atomic E-state index is 0.129. The van der Waals surface area contributed by atoms with Crippen molar-refractivity contribution in [2.24, 2.45) is 0 Å². The molecular weight excluding hydrogens is 401 g/mol. The van der Waals surface area contributed by atoms with Crippen molar-refractivity contribution >= 4 is 17.5 Å². The van der Waals surface area contributed by atoms with Gasteiger partial charge in [0.25, 0.3) is 5.91 Å². The van der Waals surface area contributed by atoms with E-state index in [9.17, 15) is 9.18 Å². The SMILES string of the molecule is O=C1c2[nH]nc(-c3ccc(Cl)cc3)c2C(c2ccccc2)N1Cc1ccc(F)cc1. The van der Waals surface area contributed by atoms with Crippen molar-refractivity contribution in [3.05, 3.63) is 112 Å². The van der Waals surface area contributed by atoms with Crippen molar-refractivity contribution in [3.63, 3.8) is 0 Å². The van der Waals surface area contributed by atoms with Gasteiger partial charge in [0.15, 0.2) is 0 Å². The predicted molar refractivity (Wildman–Crippen MR) is 114 cm³/mol. The number of amides is 1. The Morgan fingerprint density at radius 1 is 0.967 bits per heavy atom. The molecule has 1 aliphatic heterocycles. The number of halogens is 2. The normalized spacial score (nSPS) is 15.5. The highest BCUT2D eigenvalue weighted by molar-refractivity contribution is 6.30. The van der Waals surface area contributed by atoms with Crippen LogP contribution in [0.15, 0.2) is 78.9 Å². The summed E-state index contributed by atoms with van der Waals surface area (Å²) in [6.07, 6.45) is 0. The third-order valence-electron chi connectivity index (χ3n) is 5.36. The lowest BCUT2D eigenvalue weighted by molar-refractivity contribution is 0.0730. The largest absolute Gasteiger partial charge is 0.322 e. The predicted octanol–water partition coefficient (Wildman–Crippen LogP) is 5.61. The highest BCUT2D eigenvalue weighted by Gasteiger charge is 2.42. The molecule has 0 aliphatic carbocycles. The highest BCUT2D eigenvalue weighted by atomic mass is 35.5. The first-order chi connectivity index (χ1) is 14.6. The van der Waals surface area contributed by atoms with Gasteiger partial charge in [0.2, 0.25) is 0 Å². The van der Waals surface area contributed by atoms with Crippen molar-refractivity contribution < 1.29 is 9.18 Å². The van der Waals surface area contributed by atoms with Crippen molar-refractivity contribution in [2.45, 2.75) is 12.6 Å². The lowest BCUT2D eigenvalue weighted by Crippen LogP contribution is -2.29. The molecule has 1 N–H and O–H groups in total. The minimum Gasteiger partial charge on any atom is -0.322 e. The van der Waals surface area contributed by atoms with E-state index in [0.717, 1.165) is 27.9 Å². The van der Waals surface area contributed by atoms with E-state index in [1.165, 1.54) is 12.1 Å². The molecule has 0 radical (unpaired) electrons. The van der Waals surface area contributed by atoms with Gasteiger partial charge in [-0.2, -0.15) is 5.10 Å². The van der Waals surface area contributed by atoms with Crippen molar-refractivity contribution in [1.29, 1.82) is 0 Å². The first kappa shape index (κ1) is 18.6. The van der Waals surface area contributed by atoms with Gasteiger partial charge >= 0.3 is 0 Å². The van der Waals surface area contributed by atoms with Crippen LogP contribution in [0.3, 0.4) is 0 Å². The monoisotopic (exact) mass is 417 g/mol. The number of aromatic amines is 1. The van der Waals surface area contributed by atoms with Crippen LogP contribution in [0.4, 0.5) is 4.39 Å². The average molecular weight is 418 g/mol. The van der Waals surface area contributed by atoms with Gasteiger partial charge in [0, 0.05) is 22.7 Å². The molecule has 5 rings (SSSR count). The summed E-state index contributed by atoms with van der Waals surface area (Å²) >= 11 is 6.05. The molecule has 0 bridgehead atoms. The van der Waals surface area contributed by atoms with Crippen LogP contribution < -0.4 is 0 Å². The molecule has 3 aromatic carbocycles. The van der Waals surface area contributed by atoms with Crippen molar-refractivity contribution in [1.82, 2.24) is 15.1 Å². The number of carbonyl (C=O) groups excluding carboxylic acids is 1. The van der Waals surface area contributed by atoms with E-state index in [-0.39, 0.29) is 17.8 Å². The molecular formula is C24H17ClFN3O. The molecule has 0 saturated heterocycles. The molecule has 4 nitrogen and oxygen atoms in total. The Labute approximate surface area is 177 Å². The number of hydrogen-bond acceptors (Lipinski definition) is 2. The molecule has 148 valence electrons. The number of hydrogen-bond donors (Lipinski definition) is 1. The lowest BCUT2D eigenvalue weighted by atomic mass is 9.96. The molecule has 1 aliphatic rings. The third-order valence-corrected chi connectivity index (χ3v) is 5.61. The second kappa shape index (κ2) is 7.43. The molecule has 1 amide bonds. The zero-order chi connectivity index (χ0) is 20.7. The number of nitrogens with zero attached hydrogens (tertiary/aromatic N) is 2. The van der Waals surface area contributed by atoms with Gasteiger partial charge in [0.05, 0.1) is 11.7 Å². The summed E-state index contributed by atoms with van der Waals surface area (Å²) in [6, 6.07) is 23.2. The molecule has 0 spiro atoms. The quantitative estimate of drug-likeness (QED) is 0.469. The molecule has 6 heteroatoms. The summed E-state index contributed by atoms with van der Waals surface area (Å²) in [4.78, 5) is 15.1. The highest BCUT2D eigenvalue weighted by Crippen LogP contribution is 2.43. The molecule has 1 aromatic heterocycles. The van der Waals surface area contributed by atoms with Crippen LogP contribution in [0.5, 0.6) is 0 Å². The summed E-state index contributed by atoms with van der Waals surface area (Å²) < 4.78 is 13.3. The van der Waals surface area contributed by atoms with E-state index in [1.807, 2.05) is 54.6 Å². The van der Waals surface area contributed by atoms with Gasteiger partial charge < -0.3 is 4.90 Å². The summed E-state index contributed by atoms with van der Waals surface area (Å²) in [5.74, 6) is -0.429. The molecule has 1 unspecified atom stereocenters. The molecule has 2 heterocycles. The summed E-state index contributed by atoms with van der Waals surface area (Å²) in [6.45, 7) is 0.362. The smallest absolute Gasteiger partial charge is 0.273 e. The molecule has 0 saturated carbocycles. The van der Waals surface area contributed by atoms with E-state index < -0.39 is 0 Å². The van der Waals surface area contributed by atoms with Gasteiger partial charge in [-0.25, -0.2) is 4.39 Å². The first-order valence-electron chi connectivity index (χ1n) is 9.56. The Balaban J connectivity index is 1.62. The zero-order valence-electron chi connectivity index (χ0n) is 15.8. The Morgan fingerprint density at radius 2 is 1.67 bits per heavy atom. The fourth-order valence-electron chi connectivity index (χ4n) is 3.96. The van der Waals surface area contributed by atoms with Crippen molar-refractivity contribution in [3.8, 4) is 11.3 Å². The molecule has 1 atom stereocenters. The second-order valence-electron chi connectivity index (χ2n) is 7.24. The van der Waals surface area contributed by atoms with Crippen LogP contribution in [0, 0.1) is 5.82 Å². The molecule has 4 aromatic rings. The van der Waals surface area contributed by atoms with Crippen molar-refractivity contribution in [2.75, 3.05) is 0 Å². The number of H-pyrrole nitrogens is 1. The van der Waals surface area contributed by atoms with E-state index in [4.69, 9.17) is 11.6 Å². The standard InChI is InChI=1S/C24H17ClFN3O/c25-18-10-8-16(9-11-18)21-20-22(28-27-21)24(30)29(14-15-6-12-19(26)13-7-15)23(20)17-4-2-1-3-5-17/h1-13,23H,14H2,(H,27,28). The van der Waals surface area contributed by atoms with Crippen LogP contribution in [0.2, 0.25) is 5.02 Å². The van der Waals surface area contributed by atoms with Crippen LogP contribution in [0.25, 0.3) is 11.3 Å². The average Bonchev–Trinajstić information content (AvgIpc) is 3.30. The maximum Gasteiger partial charge on any atom is 0.273 e. The topological polar surface area (TPSA) is 49.0 Å². The fourth-order valence-corrected chi connectivity index (χ4v) is 4.08. The van der Waals surface area contributed by atoms with E-state index >= 15 is 0 Å². The third kappa shape index (κ3) is 3.17. The number of carbonyl (C=O) groups is 1. The van der Waals surface area contributed by atoms with Gasteiger partial charge in [-0.1, -0.05) is 66.2 Å². The van der Waals surface area contributed by atoms with Crippen LogP contribution in [-0.2, 0) is 6.54 Å². The Morgan fingerprint density at radius 3 is 2.37 bits per heavy atom. The Hall–Kier alpha value is -3.44. The van der Waals surface area contributed by atoms with E-state index in [0.29, 0.717) is 17.3 Å². The molecule has 0 fully saturated rings. The zero-order valence-corrected chi connectivity index (χ0v) is 16.6. The number of nitrogens with one attached hydrogen (secondary N) is 1. The van der Waals surface area contributed by atoms with Gasteiger partial charge in [-0.15, -0.1) is 0 Å². The minimum atomic E-state index is -0.303. The van der Waals surface area contributed by atoms with Gasteiger partial charge in [0.1, 0.15) is 11.5 Å². The first-order valence-corrected chi connectivity index (χ1v) is 9.94. The van der Waals surface area contributed by atoms with Crippen LogP contribution >= 0.6 is 11.6 Å². The lowest BCUT2D eigenvalue weighted by Gasteiger charge is -2.26. The second-order valence-corrected chi connectivity index (χ2v) is 7.68. The van der Waals surface area contributed by atoms with E-state index in [2.05, 4.69) is 10.2 Å². The number of aromatic nitrogens is 2. The molecule has 30 heavy (non-hydrogen) atoms. The summed E-state index contributed by atoms with van der Waals surface area (Å²) in [5.41, 5.74) is 4.78.